The zero-order chi connectivity index (χ0) is 24.1. The van der Waals surface area contributed by atoms with E-state index in [1.807, 2.05) is 31.2 Å². The number of hydrogen-bond donors (Lipinski definition) is 0. The van der Waals surface area contributed by atoms with E-state index in [9.17, 15) is 0 Å². The van der Waals surface area contributed by atoms with Crippen molar-refractivity contribution in [2.75, 3.05) is 7.11 Å². The minimum absolute atomic E-state index is 0.339. The lowest BCUT2D eigenvalue weighted by Crippen LogP contribution is -2.03. The molecule has 0 aliphatic rings. The number of hydrogen-bond acceptors (Lipinski definition) is 4. The first-order valence-electron chi connectivity index (χ1n) is 11.1. The Bertz CT molecular complexity index is 1360. The molecule has 3 aromatic carbocycles. The molecule has 0 saturated carbocycles. The van der Waals surface area contributed by atoms with Gasteiger partial charge in [0.2, 0.25) is 0 Å². The summed E-state index contributed by atoms with van der Waals surface area (Å²) >= 11 is 0. The van der Waals surface area contributed by atoms with Crippen LogP contribution in [0.4, 0.5) is 0 Å². The summed E-state index contributed by atoms with van der Waals surface area (Å²) in [5.74, 6) is 0.823. The summed E-state index contributed by atoms with van der Waals surface area (Å²) in [5, 5.41) is 13.3. The number of aromatic nitrogens is 1. The van der Waals surface area contributed by atoms with E-state index in [0.29, 0.717) is 12.2 Å². The summed E-state index contributed by atoms with van der Waals surface area (Å²) in [7, 11) is 1.67. The SMILES string of the molecule is COc1ccc(-c2cc(/C(C)=N/OCc3ccc(C#N)cc3)c(C)n2-c2cccc(C)c2)cc1. The largest absolute Gasteiger partial charge is 0.497 e. The van der Waals surface area contributed by atoms with Crippen molar-refractivity contribution in [2.24, 2.45) is 5.16 Å². The van der Waals surface area contributed by atoms with Gasteiger partial charge in [0, 0.05) is 16.9 Å². The molecule has 0 bridgehead atoms. The van der Waals surface area contributed by atoms with Gasteiger partial charge in [-0.3, -0.25) is 0 Å². The van der Waals surface area contributed by atoms with E-state index in [4.69, 9.17) is 14.8 Å². The molecule has 5 heteroatoms. The number of aryl methyl sites for hydroxylation is 1. The van der Waals surface area contributed by atoms with Gasteiger partial charge in [-0.05, 0) is 92.1 Å². The first kappa shape index (κ1) is 22.9. The summed E-state index contributed by atoms with van der Waals surface area (Å²) in [4.78, 5) is 5.65. The average Bonchev–Trinajstić information content (AvgIpc) is 3.21. The van der Waals surface area contributed by atoms with Crippen LogP contribution in [0.25, 0.3) is 16.9 Å². The van der Waals surface area contributed by atoms with Crippen molar-refractivity contribution in [2.45, 2.75) is 27.4 Å². The highest BCUT2D eigenvalue weighted by molar-refractivity contribution is 6.01. The highest BCUT2D eigenvalue weighted by Crippen LogP contribution is 2.31. The molecule has 0 aliphatic carbocycles. The van der Waals surface area contributed by atoms with Gasteiger partial charge in [-0.15, -0.1) is 0 Å². The van der Waals surface area contributed by atoms with E-state index in [-0.39, 0.29) is 0 Å². The molecule has 1 aromatic heterocycles. The van der Waals surface area contributed by atoms with Crippen molar-refractivity contribution in [1.82, 2.24) is 4.57 Å². The van der Waals surface area contributed by atoms with E-state index in [1.165, 1.54) is 5.56 Å². The van der Waals surface area contributed by atoms with Gasteiger partial charge in [0.25, 0.3) is 0 Å². The number of nitriles is 1. The monoisotopic (exact) mass is 449 g/mol. The Morgan fingerprint density at radius 1 is 0.971 bits per heavy atom. The molecule has 0 aliphatic heterocycles. The normalized spacial score (nSPS) is 11.2. The molecule has 34 heavy (non-hydrogen) atoms. The lowest BCUT2D eigenvalue weighted by molar-refractivity contribution is 0.130. The molecule has 0 unspecified atom stereocenters. The fourth-order valence-corrected chi connectivity index (χ4v) is 3.98. The molecular formula is C29H27N3O2. The zero-order valence-corrected chi connectivity index (χ0v) is 19.9. The molecule has 0 amide bonds. The number of methoxy groups -OCH3 is 1. The van der Waals surface area contributed by atoms with E-state index >= 15 is 0 Å². The van der Waals surface area contributed by atoms with Crippen LogP contribution in [-0.2, 0) is 11.4 Å². The van der Waals surface area contributed by atoms with Gasteiger partial charge in [0.15, 0.2) is 0 Å². The van der Waals surface area contributed by atoms with Gasteiger partial charge in [-0.25, -0.2) is 0 Å². The van der Waals surface area contributed by atoms with E-state index in [0.717, 1.165) is 45.2 Å². The Hall–Kier alpha value is -4.30. The van der Waals surface area contributed by atoms with E-state index in [1.54, 1.807) is 19.2 Å². The van der Waals surface area contributed by atoms with Crippen molar-refractivity contribution < 1.29 is 9.57 Å². The standard InChI is InChI=1S/C29H27N3O2/c1-20-6-5-7-26(16-20)32-22(3)28(17-29(32)25-12-14-27(33-4)15-13-25)21(2)31-34-19-24-10-8-23(18-30)9-11-24/h5-17H,19H2,1-4H3/b31-21+. The maximum atomic E-state index is 8.95. The molecule has 0 N–H and O–H groups in total. The summed E-state index contributed by atoms with van der Waals surface area (Å²) in [6, 6.07) is 28.1. The highest BCUT2D eigenvalue weighted by Gasteiger charge is 2.17. The minimum Gasteiger partial charge on any atom is -0.497 e. The number of benzene rings is 3. The fourth-order valence-electron chi connectivity index (χ4n) is 3.98. The molecule has 0 radical (unpaired) electrons. The smallest absolute Gasteiger partial charge is 0.142 e. The van der Waals surface area contributed by atoms with Crippen LogP contribution in [0.2, 0.25) is 0 Å². The van der Waals surface area contributed by atoms with Gasteiger partial charge >= 0.3 is 0 Å². The maximum absolute atomic E-state index is 8.95. The van der Waals surface area contributed by atoms with Crippen molar-refractivity contribution in [3.8, 4) is 28.8 Å². The molecule has 0 atom stereocenters. The third-order valence-electron chi connectivity index (χ3n) is 5.80. The molecule has 0 fully saturated rings. The van der Waals surface area contributed by atoms with Crippen molar-refractivity contribution in [1.29, 1.82) is 5.26 Å². The van der Waals surface area contributed by atoms with Gasteiger partial charge in [0.05, 0.1) is 30.1 Å². The molecule has 0 saturated heterocycles. The van der Waals surface area contributed by atoms with Gasteiger partial charge in [-0.2, -0.15) is 5.26 Å². The van der Waals surface area contributed by atoms with Crippen molar-refractivity contribution in [3.05, 3.63) is 107 Å². The second-order valence-electron chi connectivity index (χ2n) is 8.19. The van der Waals surface area contributed by atoms with E-state index in [2.05, 4.69) is 72.1 Å². The van der Waals surface area contributed by atoms with Crippen LogP contribution in [0.3, 0.4) is 0 Å². The fraction of sp³-hybridized carbons (Fsp3) is 0.172. The van der Waals surface area contributed by atoms with Crippen LogP contribution in [0.5, 0.6) is 5.75 Å². The molecule has 170 valence electrons. The Balaban J connectivity index is 1.69. The van der Waals surface area contributed by atoms with Gasteiger partial charge in [0.1, 0.15) is 12.4 Å². The number of ether oxygens (including phenoxy) is 1. The Labute approximate surface area is 200 Å². The Morgan fingerprint density at radius 3 is 2.35 bits per heavy atom. The quantitative estimate of drug-likeness (QED) is 0.236. The van der Waals surface area contributed by atoms with Crippen LogP contribution in [-0.4, -0.2) is 17.4 Å². The van der Waals surface area contributed by atoms with Gasteiger partial charge in [-0.1, -0.05) is 29.4 Å². The average molecular weight is 450 g/mol. The molecule has 0 spiro atoms. The summed E-state index contributed by atoms with van der Waals surface area (Å²) in [6.45, 7) is 6.50. The summed E-state index contributed by atoms with van der Waals surface area (Å²) in [5.41, 5.74) is 8.94. The first-order chi connectivity index (χ1) is 16.5. The Kier molecular flexibility index (Phi) is 6.79. The second-order valence-corrected chi connectivity index (χ2v) is 8.19. The first-order valence-corrected chi connectivity index (χ1v) is 11.1. The van der Waals surface area contributed by atoms with Crippen LogP contribution < -0.4 is 4.74 Å². The summed E-state index contributed by atoms with van der Waals surface area (Å²) < 4.78 is 7.59. The van der Waals surface area contributed by atoms with Crippen LogP contribution in [0, 0.1) is 25.2 Å². The molecule has 4 rings (SSSR count). The predicted molar refractivity (Wildman–Crippen MR) is 135 cm³/mol. The lowest BCUT2D eigenvalue weighted by Gasteiger charge is -2.13. The number of nitrogens with zero attached hydrogens (tertiary/aromatic N) is 3. The molecule has 4 aromatic rings. The predicted octanol–water partition coefficient (Wildman–Crippen LogP) is 6.58. The van der Waals surface area contributed by atoms with E-state index < -0.39 is 0 Å². The van der Waals surface area contributed by atoms with Crippen LogP contribution in [0.1, 0.15) is 34.9 Å². The number of rotatable bonds is 7. The number of oxime groups is 1. The third-order valence-corrected chi connectivity index (χ3v) is 5.80. The zero-order valence-electron chi connectivity index (χ0n) is 19.9. The summed E-state index contributed by atoms with van der Waals surface area (Å²) in [6.07, 6.45) is 0. The van der Waals surface area contributed by atoms with Crippen LogP contribution in [0.15, 0.2) is 84.0 Å². The topological polar surface area (TPSA) is 59.5 Å². The third kappa shape index (κ3) is 4.87. The Morgan fingerprint density at radius 2 is 1.71 bits per heavy atom. The molecular weight excluding hydrogens is 422 g/mol. The van der Waals surface area contributed by atoms with Crippen molar-refractivity contribution >= 4 is 5.71 Å². The maximum Gasteiger partial charge on any atom is 0.142 e. The minimum atomic E-state index is 0.339. The van der Waals surface area contributed by atoms with Crippen LogP contribution >= 0.6 is 0 Å². The molecule has 5 nitrogen and oxygen atoms in total. The second kappa shape index (κ2) is 10.1. The lowest BCUT2D eigenvalue weighted by atomic mass is 10.1. The highest BCUT2D eigenvalue weighted by atomic mass is 16.6. The van der Waals surface area contributed by atoms with Gasteiger partial charge < -0.3 is 14.1 Å². The molecule has 1 heterocycles. The van der Waals surface area contributed by atoms with Crippen molar-refractivity contribution in [3.63, 3.8) is 0 Å².